The summed E-state index contributed by atoms with van der Waals surface area (Å²) in [6.45, 7) is 5.37. The number of aromatic nitrogens is 2. The maximum Gasteiger partial charge on any atom is 0.433 e. The van der Waals surface area contributed by atoms with Crippen LogP contribution in [0.1, 0.15) is 32.2 Å². The molecule has 0 atom stereocenters. The smallest absolute Gasteiger partial charge is 0.433 e. The summed E-state index contributed by atoms with van der Waals surface area (Å²) in [5.74, 6) is -1.61. The van der Waals surface area contributed by atoms with Crippen molar-refractivity contribution >= 4 is 22.3 Å². The van der Waals surface area contributed by atoms with Crippen LogP contribution >= 0.6 is 11.3 Å². The number of aromatic carboxylic acids is 1. The first-order chi connectivity index (χ1) is 11.1. The molecule has 0 fully saturated rings. The molecule has 0 radical (unpaired) electrons. The number of thiazole rings is 1. The zero-order valence-electron chi connectivity index (χ0n) is 13.0. The SMILES string of the molecule is Cc1ccc(-c2nc3sc(C(=O)O)c(C(F)(F)F)n3c2C)cc1C. The summed E-state index contributed by atoms with van der Waals surface area (Å²) in [7, 11) is 0. The molecule has 0 unspecified atom stereocenters. The molecule has 0 aliphatic rings. The molecule has 126 valence electrons. The molecule has 2 aromatic heterocycles. The number of aryl methyl sites for hydroxylation is 3. The monoisotopic (exact) mass is 354 g/mol. The van der Waals surface area contributed by atoms with E-state index in [2.05, 4.69) is 4.98 Å². The number of imidazole rings is 1. The lowest BCUT2D eigenvalue weighted by atomic mass is 10.0. The average molecular weight is 354 g/mol. The van der Waals surface area contributed by atoms with E-state index in [1.54, 1.807) is 6.07 Å². The highest BCUT2D eigenvalue weighted by molar-refractivity contribution is 7.19. The number of halogens is 3. The molecule has 8 heteroatoms. The van der Waals surface area contributed by atoms with E-state index in [1.165, 1.54) is 6.92 Å². The van der Waals surface area contributed by atoms with Crippen LogP contribution in [0.3, 0.4) is 0 Å². The van der Waals surface area contributed by atoms with Crippen molar-refractivity contribution in [2.24, 2.45) is 0 Å². The van der Waals surface area contributed by atoms with E-state index in [9.17, 15) is 18.0 Å². The lowest BCUT2D eigenvalue weighted by molar-refractivity contribution is -0.142. The van der Waals surface area contributed by atoms with Gasteiger partial charge in [-0.15, -0.1) is 0 Å². The van der Waals surface area contributed by atoms with Crippen molar-refractivity contribution in [1.82, 2.24) is 9.38 Å². The van der Waals surface area contributed by atoms with Gasteiger partial charge in [0.2, 0.25) is 0 Å². The van der Waals surface area contributed by atoms with Crippen molar-refractivity contribution in [1.29, 1.82) is 0 Å². The zero-order valence-corrected chi connectivity index (χ0v) is 13.8. The van der Waals surface area contributed by atoms with Gasteiger partial charge in [-0.3, -0.25) is 4.40 Å². The minimum absolute atomic E-state index is 0.0189. The molecule has 0 saturated carbocycles. The number of carbonyl (C=O) groups is 1. The first kappa shape index (κ1) is 16.5. The van der Waals surface area contributed by atoms with E-state index >= 15 is 0 Å². The van der Waals surface area contributed by atoms with Crippen LogP contribution in [-0.4, -0.2) is 20.5 Å². The Kier molecular flexibility index (Phi) is 3.67. The molecule has 4 nitrogen and oxygen atoms in total. The molecule has 0 bridgehead atoms. The minimum Gasteiger partial charge on any atom is -0.477 e. The van der Waals surface area contributed by atoms with Crippen molar-refractivity contribution < 1.29 is 23.1 Å². The maximum absolute atomic E-state index is 13.4. The third kappa shape index (κ3) is 2.47. The largest absolute Gasteiger partial charge is 0.477 e. The number of rotatable bonds is 2. The minimum atomic E-state index is -4.78. The van der Waals surface area contributed by atoms with Crippen LogP contribution in [0.25, 0.3) is 16.2 Å². The highest BCUT2D eigenvalue weighted by Crippen LogP contribution is 2.39. The van der Waals surface area contributed by atoms with Crippen molar-refractivity contribution in [2.45, 2.75) is 26.9 Å². The van der Waals surface area contributed by atoms with Crippen LogP contribution in [0.2, 0.25) is 0 Å². The lowest BCUT2D eigenvalue weighted by Crippen LogP contribution is -2.14. The van der Waals surface area contributed by atoms with E-state index in [0.29, 0.717) is 22.6 Å². The zero-order chi connectivity index (χ0) is 17.8. The molecular weight excluding hydrogens is 341 g/mol. The highest BCUT2D eigenvalue weighted by atomic mass is 32.1. The van der Waals surface area contributed by atoms with Crippen LogP contribution in [0.15, 0.2) is 18.2 Å². The summed E-state index contributed by atoms with van der Waals surface area (Å²) < 4.78 is 41.0. The average Bonchev–Trinajstić information content (AvgIpc) is 2.99. The number of alkyl halides is 3. The van der Waals surface area contributed by atoms with E-state index in [1.807, 2.05) is 26.0 Å². The molecule has 0 aliphatic heterocycles. The normalized spacial score (nSPS) is 12.1. The van der Waals surface area contributed by atoms with Gasteiger partial charge in [-0.25, -0.2) is 9.78 Å². The van der Waals surface area contributed by atoms with Crippen molar-refractivity contribution in [2.75, 3.05) is 0 Å². The van der Waals surface area contributed by atoms with Crippen molar-refractivity contribution in [3.8, 4) is 11.3 Å². The molecule has 0 saturated heterocycles. The van der Waals surface area contributed by atoms with Gasteiger partial charge in [0.05, 0.1) is 5.69 Å². The van der Waals surface area contributed by atoms with Crippen LogP contribution in [0.5, 0.6) is 0 Å². The maximum atomic E-state index is 13.4. The topological polar surface area (TPSA) is 54.6 Å². The fourth-order valence-electron chi connectivity index (χ4n) is 2.61. The number of carboxylic acid groups (broad SMARTS) is 1. The van der Waals surface area contributed by atoms with E-state index < -0.39 is 22.7 Å². The Balaban J connectivity index is 2.31. The fraction of sp³-hybridized carbons (Fsp3) is 0.250. The summed E-state index contributed by atoms with van der Waals surface area (Å²) in [6, 6.07) is 5.54. The van der Waals surface area contributed by atoms with Gasteiger partial charge in [-0.1, -0.05) is 23.5 Å². The number of carboxylic acids is 1. The summed E-state index contributed by atoms with van der Waals surface area (Å²) in [6.07, 6.45) is -4.78. The fourth-order valence-corrected chi connectivity index (χ4v) is 3.64. The Morgan fingerprint density at radius 1 is 1.21 bits per heavy atom. The van der Waals surface area contributed by atoms with Crippen molar-refractivity contribution in [3.05, 3.63) is 45.6 Å². The second-order valence-corrected chi connectivity index (χ2v) is 6.52. The third-order valence-corrected chi connectivity index (χ3v) is 4.98. The number of fused-ring (bicyclic) bond motifs is 1. The molecule has 24 heavy (non-hydrogen) atoms. The third-order valence-electron chi connectivity index (χ3n) is 3.95. The Morgan fingerprint density at radius 2 is 1.88 bits per heavy atom. The van der Waals surface area contributed by atoms with Gasteiger partial charge in [-0.2, -0.15) is 13.2 Å². The molecule has 3 rings (SSSR count). The molecule has 1 N–H and O–H groups in total. The van der Waals surface area contributed by atoms with Crippen LogP contribution in [0.4, 0.5) is 13.2 Å². The summed E-state index contributed by atoms with van der Waals surface area (Å²) in [4.78, 5) is 14.7. The lowest BCUT2D eigenvalue weighted by Gasteiger charge is -2.09. The number of nitrogens with zero attached hydrogens (tertiary/aromatic N) is 2. The Hall–Kier alpha value is -2.35. The molecule has 1 aromatic carbocycles. The molecule has 0 amide bonds. The van der Waals surface area contributed by atoms with Crippen LogP contribution in [-0.2, 0) is 6.18 Å². The molecule has 2 heterocycles. The van der Waals surface area contributed by atoms with Crippen LogP contribution in [0, 0.1) is 20.8 Å². The predicted octanol–water partition coefficient (Wildman–Crippen LogP) is 4.71. The second kappa shape index (κ2) is 5.34. The highest BCUT2D eigenvalue weighted by Gasteiger charge is 2.41. The summed E-state index contributed by atoms with van der Waals surface area (Å²) >= 11 is 0.528. The Labute approximate surface area is 139 Å². The van der Waals surface area contributed by atoms with E-state index in [0.717, 1.165) is 15.5 Å². The van der Waals surface area contributed by atoms with Gasteiger partial charge < -0.3 is 5.11 Å². The molecule has 0 aliphatic carbocycles. The first-order valence-corrected chi connectivity index (χ1v) is 7.83. The number of benzene rings is 1. The van der Waals surface area contributed by atoms with E-state index in [-0.39, 0.29) is 10.7 Å². The number of hydrogen-bond acceptors (Lipinski definition) is 3. The summed E-state index contributed by atoms with van der Waals surface area (Å²) in [5.41, 5.74) is 2.29. The van der Waals surface area contributed by atoms with Gasteiger partial charge in [0, 0.05) is 11.3 Å². The van der Waals surface area contributed by atoms with Crippen molar-refractivity contribution in [3.63, 3.8) is 0 Å². The van der Waals surface area contributed by atoms with Gasteiger partial charge in [0.15, 0.2) is 10.7 Å². The predicted molar refractivity (Wildman–Crippen MR) is 84.7 cm³/mol. The van der Waals surface area contributed by atoms with Gasteiger partial charge in [-0.05, 0) is 38.0 Å². The Bertz CT molecular complexity index is 970. The van der Waals surface area contributed by atoms with Crippen LogP contribution < -0.4 is 0 Å². The number of hydrogen-bond donors (Lipinski definition) is 1. The van der Waals surface area contributed by atoms with Gasteiger partial charge in [0.25, 0.3) is 0 Å². The molecule has 3 aromatic rings. The van der Waals surface area contributed by atoms with Gasteiger partial charge in [0.1, 0.15) is 4.88 Å². The second-order valence-electron chi connectivity index (χ2n) is 5.55. The van der Waals surface area contributed by atoms with Gasteiger partial charge >= 0.3 is 12.1 Å². The Morgan fingerprint density at radius 3 is 2.42 bits per heavy atom. The van der Waals surface area contributed by atoms with E-state index in [4.69, 9.17) is 5.11 Å². The standard InChI is InChI=1S/C16H13F3N2O2S/c1-7-4-5-10(6-8(7)2)11-9(3)21-13(16(17,18)19)12(14(22)23)24-15(21)20-11/h4-6H,1-3H3,(H,22,23). The summed E-state index contributed by atoms with van der Waals surface area (Å²) in [5, 5.41) is 9.06. The quantitative estimate of drug-likeness (QED) is 0.725. The molecular formula is C16H13F3N2O2S. The first-order valence-electron chi connectivity index (χ1n) is 7.01. The molecule has 0 spiro atoms.